The van der Waals surface area contributed by atoms with Crippen LogP contribution in [0.5, 0.6) is 0 Å². The highest BCUT2D eigenvalue weighted by atomic mass is 16.3. The van der Waals surface area contributed by atoms with E-state index in [1.807, 2.05) is 6.20 Å². The number of aliphatic hydroxyl groups is 1. The number of aliphatic hydroxyl groups excluding tert-OH is 1. The summed E-state index contributed by atoms with van der Waals surface area (Å²) in [6.45, 7) is 1.33. The molecule has 1 saturated heterocycles. The van der Waals surface area contributed by atoms with Gasteiger partial charge in [-0.15, -0.1) is 0 Å². The van der Waals surface area contributed by atoms with Gasteiger partial charge in [0.05, 0.1) is 18.7 Å². The van der Waals surface area contributed by atoms with Crippen molar-refractivity contribution in [3.8, 4) is 0 Å². The second kappa shape index (κ2) is 4.78. The Hall–Kier alpha value is -0.870. The number of fused-ring (bicyclic) bond motifs is 1. The van der Waals surface area contributed by atoms with Crippen LogP contribution in [-0.2, 0) is 6.42 Å². The van der Waals surface area contributed by atoms with E-state index in [9.17, 15) is 5.11 Å². The van der Waals surface area contributed by atoms with Crippen molar-refractivity contribution in [1.29, 1.82) is 0 Å². The lowest BCUT2D eigenvalue weighted by atomic mass is 10.0. The van der Waals surface area contributed by atoms with Crippen molar-refractivity contribution in [3.05, 3.63) is 17.7 Å². The van der Waals surface area contributed by atoms with Crippen LogP contribution in [0, 0.1) is 0 Å². The maximum absolute atomic E-state index is 9.51. The van der Waals surface area contributed by atoms with Gasteiger partial charge in [0, 0.05) is 11.9 Å². The van der Waals surface area contributed by atoms with Crippen LogP contribution in [0.15, 0.2) is 6.20 Å². The second-order valence-electron chi connectivity index (χ2n) is 5.21. The Labute approximate surface area is 102 Å². The fraction of sp³-hybridized carbons (Fsp3) is 0.769. The van der Waals surface area contributed by atoms with Crippen molar-refractivity contribution >= 4 is 0 Å². The summed E-state index contributed by atoms with van der Waals surface area (Å²) < 4.78 is 2.30. The number of rotatable bonds is 2. The maximum Gasteiger partial charge on any atom is 0.126 e. The molecule has 1 aromatic rings. The van der Waals surface area contributed by atoms with Crippen LogP contribution in [0.1, 0.15) is 55.7 Å². The van der Waals surface area contributed by atoms with E-state index in [0.717, 1.165) is 25.2 Å². The Balaban J connectivity index is 1.91. The summed E-state index contributed by atoms with van der Waals surface area (Å²) in [6, 6.07) is 0.643. The summed E-state index contributed by atoms with van der Waals surface area (Å²) in [5, 5.41) is 13.1. The van der Waals surface area contributed by atoms with Gasteiger partial charge in [-0.25, -0.2) is 4.98 Å². The molecular formula is C13H21N3O. The zero-order valence-electron chi connectivity index (χ0n) is 10.2. The highest BCUT2D eigenvalue weighted by Gasteiger charge is 2.27. The lowest BCUT2D eigenvalue weighted by Gasteiger charge is -2.30. The molecule has 1 aromatic heterocycles. The quantitative estimate of drug-likeness (QED) is 0.818. The summed E-state index contributed by atoms with van der Waals surface area (Å²) in [4.78, 5) is 4.61. The van der Waals surface area contributed by atoms with Crippen LogP contribution >= 0.6 is 0 Å². The Morgan fingerprint density at radius 1 is 1.35 bits per heavy atom. The molecule has 4 heteroatoms. The molecule has 0 aromatic carbocycles. The molecule has 0 saturated carbocycles. The van der Waals surface area contributed by atoms with Crippen molar-refractivity contribution in [2.45, 2.75) is 50.6 Å². The summed E-state index contributed by atoms with van der Waals surface area (Å²) >= 11 is 0. The largest absolute Gasteiger partial charge is 0.394 e. The number of aryl methyl sites for hydroxylation is 1. The molecule has 3 rings (SSSR count). The minimum atomic E-state index is 0.239. The van der Waals surface area contributed by atoms with Gasteiger partial charge in [-0.3, -0.25) is 0 Å². The number of hydrogen-bond acceptors (Lipinski definition) is 3. The van der Waals surface area contributed by atoms with E-state index >= 15 is 0 Å². The third-order valence-electron chi connectivity index (χ3n) is 4.07. The molecule has 4 nitrogen and oxygen atoms in total. The molecule has 2 aliphatic heterocycles. The molecule has 94 valence electrons. The first-order chi connectivity index (χ1) is 8.40. The van der Waals surface area contributed by atoms with Crippen molar-refractivity contribution in [1.82, 2.24) is 14.9 Å². The molecule has 17 heavy (non-hydrogen) atoms. The van der Waals surface area contributed by atoms with Crippen LogP contribution in [0.25, 0.3) is 0 Å². The first kappa shape index (κ1) is 11.2. The SMILES string of the molecule is OCC1CCCc2cnc(C3CCCCN3)n21. The van der Waals surface area contributed by atoms with Gasteiger partial charge in [0.25, 0.3) is 0 Å². The fourth-order valence-electron chi connectivity index (χ4n) is 3.17. The van der Waals surface area contributed by atoms with E-state index in [4.69, 9.17) is 0 Å². The number of aromatic nitrogens is 2. The molecule has 0 bridgehead atoms. The van der Waals surface area contributed by atoms with Gasteiger partial charge in [-0.05, 0) is 38.6 Å². The van der Waals surface area contributed by atoms with Crippen molar-refractivity contribution in [2.24, 2.45) is 0 Å². The van der Waals surface area contributed by atoms with Crippen LogP contribution in [0.3, 0.4) is 0 Å². The lowest BCUT2D eigenvalue weighted by Crippen LogP contribution is -2.32. The molecule has 1 fully saturated rings. The van der Waals surface area contributed by atoms with Crippen molar-refractivity contribution < 1.29 is 5.11 Å². The molecule has 0 amide bonds. The highest BCUT2D eigenvalue weighted by Crippen LogP contribution is 2.31. The number of nitrogens with one attached hydrogen (secondary N) is 1. The van der Waals surface area contributed by atoms with E-state index in [1.165, 1.54) is 31.4 Å². The van der Waals surface area contributed by atoms with Gasteiger partial charge in [-0.2, -0.15) is 0 Å². The molecule has 0 spiro atoms. The molecule has 0 aliphatic carbocycles. The zero-order chi connectivity index (χ0) is 11.7. The van der Waals surface area contributed by atoms with E-state index < -0.39 is 0 Å². The topological polar surface area (TPSA) is 50.1 Å². The van der Waals surface area contributed by atoms with Gasteiger partial charge in [-0.1, -0.05) is 6.42 Å². The summed E-state index contributed by atoms with van der Waals surface area (Å²) in [5.41, 5.74) is 1.30. The summed E-state index contributed by atoms with van der Waals surface area (Å²) in [7, 11) is 0. The standard InChI is InChI=1S/C13H21N3O/c17-9-11-5-3-4-10-8-15-13(16(10)11)12-6-1-2-7-14-12/h8,11-12,14,17H,1-7,9H2. The zero-order valence-corrected chi connectivity index (χ0v) is 10.2. The first-order valence-corrected chi connectivity index (χ1v) is 6.80. The lowest BCUT2D eigenvalue weighted by molar-refractivity contribution is 0.200. The third-order valence-corrected chi connectivity index (χ3v) is 4.07. The summed E-state index contributed by atoms with van der Waals surface area (Å²) in [6.07, 6.45) is 9.10. The van der Waals surface area contributed by atoms with Crippen molar-refractivity contribution in [3.63, 3.8) is 0 Å². The van der Waals surface area contributed by atoms with Gasteiger partial charge in [0.15, 0.2) is 0 Å². The van der Waals surface area contributed by atoms with Crippen molar-refractivity contribution in [2.75, 3.05) is 13.2 Å². The third kappa shape index (κ3) is 2.00. The summed E-state index contributed by atoms with van der Waals surface area (Å²) in [5.74, 6) is 1.15. The van der Waals surface area contributed by atoms with Crippen LogP contribution < -0.4 is 5.32 Å². The molecule has 2 unspecified atom stereocenters. The van der Waals surface area contributed by atoms with Gasteiger partial charge in [0.1, 0.15) is 5.82 Å². The Morgan fingerprint density at radius 2 is 2.29 bits per heavy atom. The minimum absolute atomic E-state index is 0.239. The molecule has 2 aliphatic rings. The molecule has 2 N–H and O–H groups in total. The molecule has 0 radical (unpaired) electrons. The molecular weight excluding hydrogens is 214 g/mol. The van der Waals surface area contributed by atoms with E-state index in [2.05, 4.69) is 14.9 Å². The fourth-order valence-corrected chi connectivity index (χ4v) is 3.17. The Bertz CT molecular complexity index is 382. The molecule has 2 atom stereocenters. The number of nitrogens with zero attached hydrogens (tertiary/aromatic N) is 2. The second-order valence-corrected chi connectivity index (χ2v) is 5.21. The first-order valence-electron chi connectivity index (χ1n) is 6.80. The smallest absolute Gasteiger partial charge is 0.126 e. The number of imidazole rings is 1. The van der Waals surface area contributed by atoms with E-state index in [-0.39, 0.29) is 12.6 Å². The Morgan fingerprint density at radius 3 is 3.06 bits per heavy atom. The van der Waals surface area contributed by atoms with Crippen LogP contribution in [0.4, 0.5) is 0 Å². The van der Waals surface area contributed by atoms with Crippen LogP contribution in [-0.4, -0.2) is 27.8 Å². The Kier molecular flexibility index (Phi) is 3.16. The molecule has 3 heterocycles. The predicted octanol–water partition coefficient (Wildman–Crippen LogP) is 1.57. The predicted molar refractivity (Wildman–Crippen MR) is 65.9 cm³/mol. The van der Waals surface area contributed by atoms with E-state index in [1.54, 1.807) is 0 Å². The van der Waals surface area contributed by atoms with Crippen LogP contribution in [0.2, 0.25) is 0 Å². The number of hydrogen-bond donors (Lipinski definition) is 2. The maximum atomic E-state index is 9.51. The number of piperidine rings is 1. The van der Waals surface area contributed by atoms with Gasteiger partial charge >= 0.3 is 0 Å². The van der Waals surface area contributed by atoms with Gasteiger partial charge in [0.2, 0.25) is 0 Å². The van der Waals surface area contributed by atoms with Gasteiger partial charge < -0.3 is 15.0 Å². The minimum Gasteiger partial charge on any atom is -0.394 e. The normalized spacial score (nSPS) is 29.0. The average molecular weight is 235 g/mol. The average Bonchev–Trinajstić information content (AvgIpc) is 2.83. The van der Waals surface area contributed by atoms with E-state index in [0.29, 0.717) is 6.04 Å². The highest BCUT2D eigenvalue weighted by molar-refractivity contribution is 5.13. The monoisotopic (exact) mass is 235 g/mol.